The van der Waals surface area contributed by atoms with Crippen molar-refractivity contribution in [3.8, 4) is 5.69 Å². The molecule has 1 heterocycles. The standard InChI is InChI=1S/C19H26N4O2/c24-18(21-15-19(25)9-3-1-2-4-10-19)20-14-16-7-5-8-17(13-16)23-12-6-11-22-23/h5-8,11-13,25H,1-4,9-10,14-15H2,(H2,20,21,24). The molecule has 1 saturated carbocycles. The van der Waals surface area contributed by atoms with E-state index in [1.165, 1.54) is 12.8 Å². The lowest BCUT2D eigenvalue weighted by Gasteiger charge is -2.26. The fraction of sp³-hybridized carbons (Fsp3) is 0.474. The highest BCUT2D eigenvalue weighted by Gasteiger charge is 2.28. The average Bonchev–Trinajstić information content (AvgIpc) is 3.08. The van der Waals surface area contributed by atoms with Crippen molar-refractivity contribution in [2.24, 2.45) is 0 Å². The molecule has 1 aliphatic rings. The molecule has 0 aliphatic heterocycles. The van der Waals surface area contributed by atoms with Crippen molar-refractivity contribution in [3.63, 3.8) is 0 Å². The minimum atomic E-state index is -0.756. The molecule has 2 amide bonds. The fourth-order valence-corrected chi connectivity index (χ4v) is 3.28. The van der Waals surface area contributed by atoms with Crippen molar-refractivity contribution in [1.29, 1.82) is 0 Å². The van der Waals surface area contributed by atoms with Gasteiger partial charge in [0.1, 0.15) is 0 Å². The summed E-state index contributed by atoms with van der Waals surface area (Å²) in [6, 6.07) is 9.50. The van der Waals surface area contributed by atoms with Crippen molar-refractivity contribution >= 4 is 6.03 Å². The maximum atomic E-state index is 12.0. The van der Waals surface area contributed by atoms with Crippen LogP contribution in [0.15, 0.2) is 42.7 Å². The Bertz CT molecular complexity index is 676. The zero-order valence-electron chi connectivity index (χ0n) is 14.4. The van der Waals surface area contributed by atoms with E-state index < -0.39 is 5.60 Å². The Labute approximate surface area is 148 Å². The molecule has 1 aromatic heterocycles. The van der Waals surface area contributed by atoms with Crippen LogP contribution in [0.25, 0.3) is 5.69 Å². The highest BCUT2D eigenvalue weighted by molar-refractivity contribution is 5.73. The first kappa shape index (κ1) is 17.5. The van der Waals surface area contributed by atoms with Crippen LogP contribution in [0, 0.1) is 0 Å². The lowest BCUT2D eigenvalue weighted by atomic mass is 9.95. The molecule has 25 heavy (non-hydrogen) atoms. The molecular weight excluding hydrogens is 316 g/mol. The summed E-state index contributed by atoms with van der Waals surface area (Å²) in [5.41, 5.74) is 1.20. The molecule has 1 fully saturated rings. The first-order valence-corrected chi connectivity index (χ1v) is 8.98. The van der Waals surface area contributed by atoms with E-state index in [1.54, 1.807) is 10.9 Å². The quantitative estimate of drug-likeness (QED) is 0.731. The Hall–Kier alpha value is -2.34. The van der Waals surface area contributed by atoms with Crippen LogP contribution in [0.1, 0.15) is 44.1 Å². The summed E-state index contributed by atoms with van der Waals surface area (Å²) in [4.78, 5) is 12.0. The minimum absolute atomic E-state index is 0.248. The van der Waals surface area contributed by atoms with Gasteiger partial charge >= 0.3 is 6.03 Å². The van der Waals surface area contributed by atoms with Crippen LogP contribution in [0.2, 0.25) is 0 Å². The number of hydrogen-bond donors (Lipinski definition) is 3. The third-order valence-electron chi connectivity index (χ3n) is 4.74. The third-order valence-corrected chi connectivity index (χ3v) is 4.74. The van der Waals surface area contributed by atoms with Crippen molar-refractivity contribution in [2.75, 3.05) is 6.54 Å². The van der Waals surface area contributed by atoms with Gasteiger partial charge in [0, 0.05) is 25.5 Å². The monoisotopic (exact) mass is 342 g/mol. The number of urea groups is 1. The number of aromatic nitrogens is 2. The van der Waals surface area contributed by atoms with E-state index in [9.17, 15) is 9.90 Å². The second kappa shape index (κ2) is 8.16. The van der Waals surface area contributed by atoms with Crippen LogP contribution in [0.4, 0.5) is 4.79 Å². The van der Waals surface area contributed by atoms with E-state index >= 15 is 0 Å². The Kier molecular flexibility index (Phi) is 5.71. The van der Waals surface area contributed by atoms with Gasteiger partial charge in [0.25, 0.3) is 0 Å². The second-order valence-electron chi connectivity index (χ2n) is 6.80. The van der Waals surface area contributed by atoms with E-state index in [-0.39, 0.29) is 6.03 Å². The first-order chi connectivity index (χ1) is 12.1. The third kappa shape index (κ3) is 5.06. The van der Waals surface area contributed by atoms with Gasteiger partial charge in [-0.15, -0.1) is 0 Å². The van der Waals surface area contributed by atoms with Gasteiger partial charge in [0.15, 0.2) is 0 Å². The Morgan fingerprint density at radius 2 is 1.96 bits per heavy atom. The van der Waals surface area contributed by atoms with Gasteiger partial charge < -0.3 is 15.7 Å². The van der Waals surface area contributed by atoms with E-state index in [1.807, 2.05) is 36.5 Å². The number of nitrogens with zero attached hydrogens (tertiary/aromatic N) is 2. The molecule has 6 heteroatoms. The molecule has 0 unspecified atom stereocenters. The van der Waals surface area contributed by atoms with Gasteiger partial charge in [-0.2, -0.15) is 5.10 Å². The SMILES string of the molecule is O=C(NCc1cccc(-n2cccn2)c1)NCC1(O)CCCCCC1. The van der Waals surface area contributed by atoms with Gasteiger partial charge in [-0.25, -0.2) is 9.48 Å². The molecule has 2 aromatic rings. The molecule has 0 atom stereocenters. The normalized spacial score (nSPS) is 16.8. The van der Waals surface area contributed by atoms with Crippen molar-refractivity contribution in [3.05, 3.63) is 48.3 Å². The highest BCUT2D eigenvalue weighted by atomic mass is 16.3. The van der Waals surface area contributed by atoms with Crippen LogP contribution in [-0.2, 0) is 6.54 Å². The number of rotatable bonds is 5. The molecule has 3 rings (SSSR count). The molecule has 1 aromatic carbocycles. The van der Waals surface area contributed by atoms with Crippen LogP contribution in [0.5, 0.6) is 0 Å². The maximum Gasteiger partial charge on any atom is 0.315 e. The van der Waals surface area contributed by atoms with Gasteiger partial charge in [0.2, 0.25) is 0 Å². The average molecular weight is 342 g/mol. The van der Waals surface area contributed by atoms with Gasteiger partial charge in [-0.1, -0.05) is 37.8 Å². The highest BCUT2D eigenvalue weighted by Crippen LogP contribution is 2.26. The summed E-state index contributed by atoms with van der Waals surface area (Å²) in [7, 11) is 0. The predicted molar refractivity (Wildman–Crippen MR) is 96.5 cm³/mol. The van der Waals surface area contributed by atoms with Crippen LogP contribution < -0.4 is 10.6 Å². The number of carbonyl (C=O) groups is 1. The number of carbonyl (C=O) groups excluding carboxylic acids is 1. The predicted octanol–water partition coefficient (Wildman–Crippen LogP) is 2.76. The summed E-state index contributed by atoms with van der Waals surface area (Å²) in [5.74, 6) is 0. The Balaban J connectivity index is 1.48. The van der Waals surface area contributed by atoms with Gasteiger partial charge in [-0.3, -0.25) is 0 Å². The Morgan fingerprint density at radius 1 is 1.16 bits per heavy atom. The van der Waals surface area contributed by atoms with E-state index in [2.05, 4.69) is 15.7 Å². The van der Waals surface area contributed by atoms with E-state index in [0.29, 0.717) is 13.1 Å². The summed E-state index contributed by atoms with van der Waals surface area (Å²) in [6.07, 6.45) is 9.53. The number of nitrogens with one attached hydrogen (secondary N) is 2. The molecule has 134 valence electrons. The van der Waals surface area contributed by atoms with E-state index in [0.717, 1.165) is 36.9 Å². The van der Waals surface area contributed by atoms with E-state index in [4.69, 9.17) is 0 Å². The van der Waals surface area contributed by atoms with Crippen molar-refractivity contribution in [2.45, 2.75) is 50.7 Å². The van der Waals surface area contributed by atoms with Crippen LogP contribution >= 0.6 is 0 Å². The van der Waals surface area contributed by atoms with Crippen molar-refractivity contribution in [1.82, 2.24) is 20.4 Å². The lowest BCUT2D eigenvalue weighted by molar-refractivity contribution is 0.0277. The smallest absolute Gasteiger partial charge is 0.315 e. The second-order valence-corrected chi connectivity index (χ2v) is 6.80. The summed E-state index contributed by atoms with van der Waals surface area (Å²) >= 11 is 0. The summed E-state index contributed by atoms with van der Waals surface area (Å²) in [5, 5.41) is 20.5. The number of amides is 2. The minimum Gasteiger partial charge on any atom is -0.388 e. The number of hydrogen-bond acceptors (Lipinski definition) is 3. The topological polar surface area (TPSA) is 79.2 Å². The van der Waals surface area contributed by atoms with Crippen molar-refractivity contribution < 1.29 is 9.90 Å². The van der Waals surface area contributed by atoms with Crippen LogP contribution in [-0.4, -0.2) is 33.1 Å². The summed E-state index contributed by atoms with van der Waals surface area (Å²) in [6.45, 7) is 0.742. The van der Waals surface area contributed by atoms with Crippen LogP contribution in [0.3, 0.4) is 0 Å². The molecule has 3 N–H and O–H groups in total. The first-order valence-electron chi connectivity index (χ1n) is 8.98. The number of benzene rings is 1. The molecule has 0 bridgehead atoms. The van der Waals surface area contributed by atoms with Gasteiger partial charge in [-0.05, 0) is 36.6 Å². The molecular formula is C19H26N4O2. The largest absolute Gasteiger partial charge is 0.388 e. The molecule has 6 nitrogen and oxygen atoms in total. The molecule has 0 spiro atoms. The molecule has 0 radical (unpaired) electrons. The van der Waals surface area contributed by atoms with Gasteiger partial charge in [0.05, 0.1) is 11.3 Å². The molecule has 0 saturated heterocycles. The Morgan fingerprint density at radius 3 is 2.68 bits per heavy atom. The maximum absolute atomic E-state index is 12.0. The summed E-state index contributed by atoms with van der Waals surface area (Å²) < 4.78 is 1.78. The molecule has 1 aliphatic carbocycles. The zero-order valence-corrected chi connectivity index (χ0v) is 14.4. The fourth-order valence-electron chi connectivity index (χ4n) is 3.28. The lowest BCUT2D eigenvalue weighted by Crippen LogP contribution is -2.46. The zero-order chi connectivity index (χ0) is 17.5. The number of aliphatic hydroxyl groups is 1.